The molecule has 0 atom stereocenters. The number of carbonyl (C=O) groups is 1. The molecule has 1 fully saturated rings. The molecule has 0 bridgehead atoms. The van der Waals surface area contributed by atoms with Crippen molar-refractivity contribution in [3.05, 3.63) is 95.6 Å². The second-order valence-corrected chi connectivity index (χ2v) is 10.6. The van der Waals surface area contributed by atoms with Crippen LogP contribution in [0.5, 0.6) is 0 Å². The maximum absolute atomic E-state index is 12.6. The summed E-state index contributed by atoms with van der Waals surface area (Å²) < 4.78 is 26.0. The lowest BCUT2D eigenvalue weighted by molar-refractivity contribution is 0.0951. The van der Waals surface area contributed by atoms with Crippen molar-refractivity contribution in [1.82, 2.24) is 5.32 Å². The van der Waals surface area contributed by atoms with Crippen molar-refractivity contribution in [2.24, 2.45) is 0 Å². The lowest BCUT2D eigenvalue weighted by Gasteiger charge is -2.28. The molecule has 0 saturated carbocycles. The Bertz CT molecular complexity index is 1190. The van der Waals surface area contributed by atoms with Crippen LogP contribution >= 0.6 is 0 Å². The van der Waals surface area contributed by atoms with Gasteiger partial charge in [0.2, 0.25) is 10.0 Å². The van der Waals surface area contributed by atoms with Crippen LogP contribution in [0.4, 0.5) is 11.4 Å². The van der Waals surface area contributed by atoms with Gasteiger partial charge in [0, 0.05) is 30.9 Å². The molecule has 4 rings (SSSR count). The fraction of sp³-hybridized carbons (Fsp3) is 0.296. The monoisotopic (exact) mass is 477 g/mol. The minimum atomic E-state index is -3.44. The average Bonchev–Trinajstić information content (AvgIpc) is 2.87. The van der Waals surface area contributed by atoms with Crippen molar-refractivity contribution in [1.29, 1.82) is 0 Å². The molecular weight excluding hydrogens is 446 g/mol. The summed E-state index contributed by atoms with van der Waals surface area (Å²) in [5.41, 5.74) is 4.25. The van der Waals surface area contributed by atoms with Gasteiger partial charge in [-0.2, -0.15) is 0 Å². The smallest absolute Gasteiger partial charge is 0.251 e. The normalized spacial score (nSPS) is 14.0. The molecular formula is C27H31N3O3S. The fourth-order valence-electron chi connectivity index (χ4n) is 4.18. The molecule has 7 heteroatoms. The molecule has 3 aromatic rings. The van der Waals surface area contributed by atoms with Gasteiger partial charge >= 0.3 is 0 Å². The molecule has 1 saturated heterocycles. The van der Waals surface area contributed by atoms with Crippen LogP contribution in [0.15, 0.2) is 78.9 Å². The van der Waals surface area contributed by atoms with Gasteiger partial charge in [0.1, 0.15) is 0 Å². The predicted octanol–water partition coefficient (Wildman–Crippen LogP) is 4.57. The van der Waals surface area contributed by atoms with Crippen LogP contribution in [0.1, 0.15) is 40.7 Å². The third-order valence-corrected chi connectivity index (χ3v) is 7.24. The summed E-state index contributed by atoms with van der Waals surface area (Å²) in [5.74, 6) is -0.158. The Hall–Kier alpha value is -3.32. The number of hydrogen-bond donors (Lipinski definition) is 1. The third-order valence-electron chi connectivity index (χ3n) is 6.10. The maximum atomic E-state index is 12.6. The van der Waals surface area contributed by atoms with E-state index in [4.69, 9.17) is 0 Å². The van der Waals surface area contributed by atoms with Crippen LogP contribution in [0.2, 0.25) is 0 Å². The molecule has 0 radical (unpaired) electrons. The maximum Gasteiger partial charge on any atom is 0.251 e. The van der Waals surface area contributed by atoms with Gasteiger partial charge in [-0.05, 0) is 66.8 Å². The Morgan fingerprint density at radius 3 is 2.09 bits per heavy atom. The highest BCUT2D eigenvalue weighted by molar-refractivity contribution is 7.92. The van der Waals surface area contributed by atoms with Crippen LogP contribution in [0, 0.1) is 0 Å². The lowest BCUT2D eigenvalue weighted by atomic mass is 10.1. The van der Waals surface area contributed by atoms with Gasteiger partial charge < -0.3 is 10.2 Å². The Kier molecular flexibility index (Phi) is 7.53. The molecule has 0 unspecified atom stereocenters. The van der Waals surface area contributed by atoms with Crippen LogP contribution in [-0.2, 0) is 23.1 Å². The number of hydrogen-bond acceptors (Lipinski definition) is 4. The summed E-state index contributed by atoms with van der Waals surface area (Å²) >= 11 is 0. The highest BCUT2D eigenvalue weighted by Gasteiger charge is 2.18. The number of carbonyl (C=O) groups excluding carboxylic acids is 1. The summed E-state index contributed by atoms with van der Waals surface area (Å²) in [5, 5.41) is 2.97. The van der Waals surface area contributed by atoms with Crippen molar-refractivity contribution in [2.75, 3.05) is 28.6 Å². The van der Waals surface area contributed by atoms with E-state index in [9.17, 15) is 13.2 Å². The molecule has 6 nitrogen and oxygen atoms in total. The van der Waals surface area contributed by atoms with Gasteiger partial charge in [0.25, 0.3) is 5.91 Å². The first-order chi connectivity index (χ1) is 16.4. The van der Waals surface area contributed by atoms with Crippen LogP contribution in [-0.4, -0.2) is 33.7 Å². The summed E-state index contributed by atoms with van der Waals surface area (Å²) in [6.45, 7) is 2.88. The van der Waals surface area contributed by atoms with Gasteiger partial charge in [-0.15, -0.1) is 0 Å². The van der Waals surface area contributed by atoms with E-state index in [1.807, 2.05) is 18.2 Å². The van der Waals surface area contributed by atoms with Gasteiger partial charge in [-0.1, -0.05) is 42.5 Å². The highest BCUT2D eigenvalue weighted by Crippen LogP contribution is 2.21. The minimum Gasteiger partial charge on any atom is -0.372 e. The van der Waals surface area contributed by atoms with E-state index in [-0.39, 0.29) is 12.5 Å². The van der Waals surface area contributed by atoms with Gasteiger partial charge in [0.15, 0.2) is 0 Å². The van der Waals surface area contributed by atoms with Crippen molar-refractivity contribution in [3.63, 3.8) is 0 Å². The largest absolute Gasteiger partial charge is 0.372 e. The molecule has 178 valence electrons. The first-order valence-electron chi connectivity index (χ1n) is 11.6. The average molecular weight is 478 g/mol. The highest BCUT2D eigenvalue weighted by atomic mass is 32.2. The Labute approximate surface area is 202 Å². The third kappa shape index (κ3) is 6.17. The summed E-state index contributed by atoms with van der Waals surface area (Å²) in [6.07, 6.45) is 5.00. The van der Waals surface area contributed by atoms with Gasteiger partial charge in [0.05, 0.1) is 18.5 Å². The molecule has 0 aromatic heterocycles. The molecule has 34 heavy (non-hydrogen) atoms. The standard InChI is InChI=1S/C27H31N3O3S/c1-34(32,33)30(26-8-4-2-5-9-26)21-23-10-14-24(15-11-23)27(31)28-20-22-12-16-25(17-13-22)29-18-6-3-7-19-29/h2,4-5,8-17H,3,6-7,18-21H2,1H3,(H,28,31). The lowest BCUT2D eigenvalue weighted by Crippen LogP contribution is -2.29. The molecule has 0 aliphatic carbocycles. The zero-order chi connectivity index (χ0) is 24.0. The summed E-state index contributed by atoms with van der Waals surface area (Å²) in [7, 11) is -3.44. The van der Waals surface area contributed by atoms with E-state index in [1.165, 1.54) is 35.5 Å². The number of para-hydroxylation sites is 1. The number of amides is 1. The van der Waals surface area contributed by atoms with Crippen molar-refractivity contribution in [3.8, 4) is 0 Å². The number of rotatable bonds is 8. The fourth-order valence-corrected chi connectivity index (χ4v) is 5.07. The second kappa shape index (κ2) is 10.7. The molecule has 1 aliphatic heterocycles. The van der Waals surface area contributed by atoms with E-state index >= 15 is 0 Å². The van der Waals surface area contributed by atoms with E-state index in [2.05, 4.69) is 34.5 Å². The Balaban J connectivity index is 1.34. The van der Waals surface area contributed by atoms with E-state index in [1.54, 1.807) is 36.4 Å². The number of benzene rings is 3. The number of anilines is 2. The zero-order valence-corrected chi connectivity index (χ0v) is 20.3. The molecule has 3 aromatic carbocycles. The van der Waals surface area contributed by atoms with Gasteiger partial charge in [-0.25, -0.2) is 8.42 Å². The molecule has 1 amide bonds. The number of nitrogens with one attached hydrogen (secondary N) is 1. The molecule has 1 aliphatic rings. The van der Waals surface area contributed by atoms with E-state index in [0.717, 1.165) is 24.2 Å². The van der Waals surface area contributed by atoms with Crippen LogP contribution < -0.4 is 14.5 Å². The first kappa shape index (κ1) is 23.8. The quantitative estimate of drug-likeness (QED) is 0.516. The molecule has 0 spiro atoms. The van der Waals surface area contributed by atoms with E-state index in [0.29, 0.717) is 17.8 Å². The van der Waals surface area contributed by atoms with Crippen molar-refractivity contribution >= 4 is 27.3 Å². The SMILES string of the molecule is CS(=O)(=O)N(Cc1ccc(C(=O)NCc2ccc(N3CCCCC3)cc2)cc1)c1ccccc1. The molecule has 1 heterocycles. The Morgan fingerprint density at radius 2 is 1.47 bits per heavy atom. The minimum absolute atomic E-state index is 0.158. The number of piperidine rings is 1. The summed E-state index contributed by atoms with van der Waals surface area (Å²) in [4.78, 5) is 15.0. The number of sulfonamides is 1. The summed E-state index contributed by atoms with van der Waals surface area (Å²) in [6, 6.07) is 24.4. The van der Waals surface area contributed by atoms with Crippen molar-refractivity contribution < 1.29 is 13.2 Å². The zero-order valence-electron chi connectivity index (χ0n) is 19.5. The van der Waals surface area contributed by atoms with Crippen LogP contribution in [0.25, 0.3) is 0 Å². The van der Waals surface area contributed by atoms with Crippen LogP contribution in [0.3, 0.4) is 0 Å². The van der Waals surface area contributed by atoms with Crippen molar-refractivity contribution in [2.45, 2.75) is 32.4 Å². The van der Waals surface area contributed by atoms with Gasteiger partial charge in [-0.3, -0.25) is 9.10 Å². The second-order valence-electron chi connectivity index (χ2n) is 8.70. The topological polar surface area (TPSA) is 69.7 Å². The Morgan fingerprint density at radius 1 is 0.853 bits per heavy atom. The molecule has 1 N–H and O–H groups in total. The predicted molar refractivity (Wildman–Crippen MR) is 138 cm³/mol. The van der Waals surface area contributed by atoms with E-state index < -0.39 is 10.0 Å². The first-order valence-corrected chi connectivity index (χ1v) is 13.5. The number of nitrogens with zero attached hydrogens (tertiary/aromatic N) is 2.